The van der Waals surface area contributed by atoms with Crippen molar-refractivity contribution in [2.75, 3.05) is 30.5 Å². The lowest BCUT2D eigenvalue weighted by atomic mass is 10.1. The molecule has 0 aromatic heterocycles. The summed E-state index contributed by atoms with van der Waals surface area (Å²) in [6, 6.07) is 21.0. The number of nitrogens with one attached hydrogen (secondary N) is 2. The monoisotopic (exact) mass is 513 g/mol. The van der Waals surface area contributed by atoms with E-state index >= 15 is 0 Å². The van der Waals surface area contributed by atoms with E-state index in [1.165, 1.54) is 6.08 Å². The van der Waals surface area contributed by atoms with E-state index in [1.807, 2.05) is 26.0 Å². The summed E-state index contributed by atoms with van der Waals surface area (Å²) in [7, 11) is 0. The summed E-state index contributed by atoms with van der Waals surface area (Å²) in [5, 5.41) is 15.3. The van der Waals surface area contributed by atoms with Crippen LogP contribution < -0.4 is 24.8 Å². The van der Waals surface area contributed by atoms with E-state index in [4.69, 9.17) is 14.2 Å². The fourth-order valence-electron chi connectivity index (χ4n) is 3.47. The molecule has 0 atom stereocenters. The Hall–Kier alpha value is -4.77. The number of hydrogen-bond donors (Lipinski definition) is 2. The summed E-state index contributed by atoms with van der Waals surface area (Å²) < 4.78 is 17.1. The summed E-state index contributed by atoms with van der Waals surface area (Å²) in [5.74, 6) is 0.467. The van der Waals surface area contributed by atoms with Crippen molar-refractivity contribution < 1.29 is 23.8 Å². The van der Waals surface area contributed by atoms with Gasteiger partial charge in [0.1, 0.15) is 28.9 Å². The van der Waals surface area contributed by atoms with E-state index in [2.05, 4.69) is 10.6 Å². The Bertz CT molecular complexity index is 1310. The third-order valence-electron chi connectivity index (χ3n) is 5.24. The number of ether oxygens (including phenoxy) is 3. The molecule has 0 fully saturated rings. The Morgan fingerprint density at radius 3 is 2.00 bits per heavy atom. The van der Waals surface area contributed by atoms with Crippen molar-refractivity contribution in [1.82, 2.24) is 0 Å². The Labute approximate surface area is 222 Å². The molecule has 8 heteroatoms. The predicted octanol–water partition coefficient (Wildman–Crippen LogP) is 6.07. The van der Waals surface area contributed by atoms with Gasteiger partial charge in [0.2, 0.25) is 0 Å². The van der Waals surface area contributed by atoms with Crippen LogP contribution in [-0.4, -0.2) is 31.6 Å². The highest BCUT2D eigenvalue weighted by Crippen LogP contribution is 2.37. The molecule has 0 aliphatic rings. The lowest BCUT2D eigenvalue weighted by Gasteiger charge is -2.18. The second-order valence-corrected chi connectivity index (χ2v) is 8.07. The van der Waals surface area contributed by atoms with E-state index in [9.17, 15) is 14.9 Å². The van der Waals surface area contributed by atoms with Crippen LogP contribution in [0.3, 0.4) is 0 Å². The van der Waals surface area contributed by atoms with Gasteiger partial charge in [0.25, 0.3) is 11.8 Å². The maximum absolute atomic E-state index is 13.0. The molecule has 3 rings (SSSR count). The zero-order valence-corrected chi connectivity index (χ0v) is 21.7. The van der Waals surface area contributed by atoms with Gasteiger partial charge < -0.3 is 24.8 Å². The molecule has 0 radical (unpaired) electrons. The summed E-state index contributed by atoms with van der Waals surface area (Å²) in [6.45, 7) is 6.90. The number of nitrogens with zero attached hydrogens (tertiary/aromatic N) is 1. The van der Waals surface area contributed by atoms with Crippen LogP contribution in [0.25, 0.3) is 6.08 Å². The number of amides is 2. The minimum Gasteiger partial charge on any atom is -0.494 e. The SMILES string of the molecule is CCCOc1ccc(/C=C(\C#N)C(=O)Nc2cc(OCC)c(NC(=O)c3ccccc3)cc2OCC)cc1. The highest BCUT2D eigenvalue weighted by Gasteiger charge is 2.18. The van der Waals surface area contributed by atoms with Crippen LogP contribution in [0.15, 0.2) is 72.3 Å². The predicted molar refractivity (Wildman–Crippen MR) is 148 cm³/mol. The van der Waals surface area contributed by atoms with Gasteiger partial charge in [-0.05, 0) is 56.2 Å². The van der Waals surface area contributed by atoms with Gasteiger partial charge in [-0.3, -0.25) is 9.59 Å². The molecule has 0 bridgehead atoms. The van der Waals surface area contributed by atoms with Crippen LogP contribution in [0.2, 0.25) is 0 Å². The molecule has 196 valence electrons. The first-order valence-electron chi connectivity index (χ1n) is 12.4. The number of carbonyl (C=O) groups excluding carboxylic acids is 2. The summed E-state index contributed by atoms with van der Waals surface area (Å²) in [5.41, 5.74) is 1.78. The van der Waals surface area contributed by atoms with Crippen molar-refractivity contribution in [3.8, 4) is 23.3 Å². The number of carbonyl (C=O) groups is 2. The molecule has 0 aliphatic carbocycles. The quantitative estimate of drug-likeness (QED) is 0.225. The minimum absolute atomic E-state index is 0.0888. The van der Waals surface area contributed by atoms with Crippen molar-refractivity contribution in [2.24, 2.45) is 0 Å². The van der Waals surface area contributed by atoms with Crippen LogP contribution >= 0.6 is 0 Å². The molecule has 2 N–H and O–H groups in total. The third-order valence-corrected chi connectivity index (χ3v) is 5.24. The normalized spacial score (nSPS) is 10.7. The fraction of sp³-hybridized carbons (Fsp3) is 0.233. The number of hydrogen-bond acceptors (Lipinski definition) is 6. The molecule has 3 aromatic carbocycles. The van der Waals surface area contributed by atoms with Gasteiger partial charge in [0.05, 0.1) is 31.2 Å². The zero-order chi connectivity index (χ0) is 27.3. The highest BCUT2D eigenvalue weighted by atomic mass is 16.5. The molecule has 0 saturated carbocycles. The molecule has 3 aromatic rings. The van der Waals surface area contributed by atoms with Crippen molar-refractivity contribution in [1.29, 1.82) is 5.26 Å². The lowest BCUT2D eigenvalue weighted by Crippen LogP contribution is -2.16. The molecule has 0 spiro atoms. The van der Waals surface area contributed by atoms with E-state index < -0.39 is 5.91 Å². The smallest absolute Gasteiger partial charge is 0.266 e. The number of benzene rings is 3. The summed E-state index contributed by atoms with van der Waals surface area (Å²) >= 11 is 0. The molecule has 0 aliphatic heterocycles. The fourth-order valence-corrected chi connectivity index (χ4v) is 3.47. The van der Waals surface area contributed by atoms with E-state index in [1.54, 1.807) is 67.6 Å². The first-order valence-corrected chi connectivity index (χ1v) is 12.4. The van der Waals surface area contributed by atoms with Gasteiger partial charge in [0, 0.05) is 17.7 Å². The molecule has 0 heterocycles. The maximum Gasteiger partial charge on any atom is 0.266 e. The van der Waals surface area contributed by atoms with Gasteiger partial charge in [-0.1, -0.05) is 37.3 Å². The zero-order valence-electron chi connectivity index (χ0n) is 21.7. The van der Waals surface area contributed by atoms with Gasteiger partial charge in [0.15, 0.2) is 0 Å². The number of rotatable bonds is 12. The van der Waals surface area contributed by atoms with Crippen molar-refractivity contribution in [2.45, 2.75) is 27.2 Å². The van der Waals surface area contributed by atoms with Crippen LogP contribution in [0.5, 0.6) is 17.2 Å². The van der Waals surface area contributed by atoms with Gasteiger partial charge in [-0.15, -0.1) is 0 Å². The van der Waals surface area contributed by atoms with Gasteiger partial charge in [-0.2, -0.15) is 5.26 Å². The lowest BCUT2D eigenvalue weighted by molar-refractivity contribution is -0.112. The molecule has 8 nitrogen and oxygen atoms in total. The average Bonchev–Trinajstić information content (AvgIpc) is 2.94. The molecular weight excluding hydrogens is 482 g/mol. The van der Waals surface area contributed by atoms with Gasteiger partial charge >= 0.3 is 0 Å². The minimum atomic E-state index is -0.608. The third kappa shape index (κ3) is 7.61. The van der Waals surface area contributed by atoms with Crippen molar-refractivity contribution in [3.05, 3.63) is 83.4 Å². The van der Waals surface area contributed by atoms with Crippen LogP contribution in [-0.2, 0) is 4.79 Å². The molecule has 0 unspecified atom stereocenters. The van der Waals surface area contributed by atoms with Gasteiger partial charge in [-0.25, -0.2) is 0 Å². The van der Waals surface area contributed by atoms with Crippen molar-refractivity contribution in [3.63, 3.8) is 0 Å². The Morgan fingerprint density at radius 1 is 0.842 bits per heavy atom. The molecule has 2 amide bonds. The Morgan fingerprint density at radius 2 is 1.45 bits per heavy atom. The molecule has 38 heavy (non-hydrogen) atoms. The van der Waals surface area contributed by atoms with Crippen LogP contribution in [0.4, 0.5) is 11.4 Å². The van der Waals surface area contributed by atoms with E-state index in [0.717, 1.165) is 12.2 Å². The number of nitriles is 1. The summed E-state index contributed by atoms with van der Waals surface area (Å²) in [4.78, 5) is 25.8. The van der Waals surface area contributed by atoms with Crippen LogP contribution in [0.1, 0.15) is 43.1 Å². The maximum atomic E-state index is 13.0. The van der Waals surface area contributed by atoms with Crippen LogP contribution in [0, 0.1) is 11.3 Å². The highest BCUT2D eigenvalue weighted by molar-refractivity contribution is 6.11. The van der Waals surface area contributed by atoms with E-state index in [0.29, 0.717) is 53.8 Å². The Kier molecular flexibility index (Phi) is 10.3. The first-order chi connectivity index (χ1) is 18.5. The number of anilines is 2. The largest absolute Gasteiger partial charge is 0.494 e. The topological polar surface area (TPSA) is 110 Å². The summed E-state index contributed by atoms with van der Waals surface area (Å²) in [6.07, 6.45) is 2.40. The van der Waals surface area contributed by atoms with Crippen molar-refractivity contribution >= 4 is 29.3 Å². The standard InChI is InChI=1S/C30H31N3O5/c1-4-16-38-24-14-12-21(13-15-24)17-23(20-31)30(35)33-26-19-27(36-5-2)25(18-28(26)37-6-3)32-29(34)22-10-8-7-9-11-22/h7-15,17-19H,4-6,16H2,1-3H3,(H,32,34)(H,33,35)/b23-17+. The van der Waals surface area contributed by atoms with E-state index in [-0.39, 0.29) is 11.5 Å². The Balaban J connectivity index is 1.87. The molecule has 0 saturated heterocycles. The molecular formula is C30H31N3O5. The second kappa shape index (κ2) is 14.1. The average molecular weight is 514 g/mol. The second-order valence-electron chi connectivity index (χ2n) is 8.07. The first kappa shape index (κ1) is 27.8.